The van der Waals surface area contributed by atoms with Crippen molar-refractivity contribution in [3.8, 4) is 5.75 Å². The van der Waals surface area contributed by atoms with Gasteiger partial charge in [0, 0.05) is 17.2 Å². The quantitative estimate of drug-likeness (QED) is 0.421. The summed E-state index contributed by atoms with van der Waals surface area (Å²) >= 11 is 0. The number of benzene rings is 1. The molecule has 0 saturated heterocycles. The zero-order valence-electron chi connectivity index (χ0n) is 22.9. The molecular formula is C30H37N3O6. The predicted octanol–water partition coefficient (Wildman–Crippen LogP) is 4.74. The molecule has 5 rings (SSSR count). The molecule has 2 heterocycles. The van der Waals surface area contributed by atoms with Crippen molar-refractivity contribution in [3.63, 3.8) is 0 Å². The van der Waals surface area contributed by atoms with Crippen molar-refractivity contribution in [2.45, 2.75) is 95.4 Å². The van der Waals surface area contributed by atoms with Crippen LogP contribution in [0.1, 0.15) is 88.5 Å². The molecule has 9 heteroatoms. The molecule has 1 atom stereocenters. The summed E-state index contributed by atoms with van der Waals surface area (Å²) in [6.07, 6.45) is 7.77. The maximum Gasteiger partial charge on any atom is 0.332 e. The van der Waals surface area contributed by atoms with Crippen LogP contribution < -0.4 is 16.0 Å². The second kappa shape index (κ2) is 11.0. The number of rotatable bonds is 9. The maximum atomic E-state index is 14.0. The molecule has 2 saturated carbocycles. The van der Waals surface area contributed by atoms with Gasteiger partial charge in [0.1, 0.15) is 17.4 Å². The summed E-state index contributed by atoms with van der Waals surface area (Å²) in [5, 5.41) is 9.97. The van der Waals surface area contributed by atoms with Crippen LogP contribution in [0.3, 0.4) is 0 Å². The lowest BCUT2D eigenvalue weighted by atomic mass is 9.82. The van der Waals surface area contributed by atoms with Gasteiger partial charge in [0.15, 0.2) is 5.52 Å². The summed E-state index contributed by atoms with van der Waals surface area (Å²) in [5.41, 5.74) is -1.10. The van der Waals surface area contributed by atoms with Gasteiger partial charge in [-0.2, -0.15) is 0 Å². The molecule has 1 N–H and O–H groups in total. The van der Waals surface area contributed by atoms with Gasteiger partial charge in [-0.1, -0.05) is 43.9 Å². The molecule has 0 radical (unpaired) electrons. The van der Waals surface area contributed by atoms with E-state index in [0.29, 0.717) is 11.3 Å². The molecule has 3 aromatic rings. The molecule has 0 aliphatic heterocycles. The maximum absolute atomic E-state index is 14.0. The number of carboxylic acid groups (broad SMARTS) is 1. The SMILES string of the molecule is COc1ccccc1[C@H](Cn1c(=O)n(C(C)(C)C(=O)O)c(=O)c2nc(C3CCC3)ccc21)OC1CCCCC1. The minimum Gasteiger partial charge on any atom is -0.496 e. The van der Waals surface area contributed by atoms with Crippen LogP contribution in [0.15, 0.2) is 46.0 Å². The first-order chi connectivity index (χ1) is 18.7. The van der Waals surface area contributed by atoms with E-state index >= 15 is 0 Å². The summed E-state index contributed by atoms with van der Waals surface area (Å²) in [7, 11) is 1.60. The van der Waals surface area contributed by atoms with E-state index in [-0.39, 0.29) is 24.1 Å². The number of para-hydroxylation sites is 1. The Morgan fingerprint density at radius 1 is 1.05 bits per heavy atom. The van der Waals surface area contributed by atoms with Crippen molar-refractivity contribution in [2.24, 2.45) is 0 Å². The highest BCUT2D eigenvalue weighted by Crippen LogP contribution is 2.36. The van der Waals surface area contributed by atoms with Crippen LogP contribution >= 0.6 is 0 Å². The lowest BCUT2D eigenvalue weighted by Crippen LogP contribution is -2.53. The summed E-state index contributed by atoms with van der Waals surface area (Å²) in [4.78, 5) is 44.6. The highest BCUT2D eigenvalue weighted by Gasteiger charge is 2.35. The van der Waals surface area contributed by atoms with Crippen LogP contribution in [-0.2, 0) is 21.6 Å². The minimum atomic E-state index is -1.78. The second-order valence-corrected chi connectivity index (χ2v) is 11.3. The Kier molecular flexibility index (Phi) is 7.62. The third-order valence-corrected chi connectivity index (χ3v) is 8.36. The number of aromatic nitrogens is 3. The largest absolute Gasteiger partial charge is 0.496 e. The summed E-state index contributed by atoms with van der Waals surface area (Å²) in [5.74, 6) is -0.367. The van der Waals surface area contributed by atoms with Crippen molar-refractivity contribution in [1.82, 2.24) is 14.1 Å². The highest BCUT2D eigenvalue weighted by atomic mass is 16.5. The molecule has 1 aromatic carbocycles. The third kappa shape index (κ3) is 5.12. The zero-order valence-corrected chi connectivity index (χ0v) is 22.9. The Labute approximate surface area is 227 Å². The summed E-state index contributed by atoms with van der Waals surface area (Å²) in [6, 6.07) is 11.2. The van der Waals surface area contributed by atoms with Gasteiger partial charge in [0.2, 0.25) is 0 Å². The van der Waals surface area contributed by atoms with E-state index in [0.717, 1.165) is 60.8 Å². The second-order valence-electron chi connectivity index (χ2n) is 11.3. The van der Waals surface area contributed by atoms with E-state index in [1.807, 2.05) is 30.3 Å². The van der Waals surface area contributed by atoms with Crippen LogP contribution in [0, 0.1) is 0 Å². The van der Waals surface area contributed by atoms with Gasteiger partial charge in [-0.25, -0.2) is 19.1 Å². The van der Waals surface area contributed by atoms with Gasteiger partial charge in [-0.15, -0.1) is 0 Å². The highest BCUT2D eigenvalue weighted by molar-refractivity contribution is 5.78. The first-order valence-electron chi connectivity index (χ1n) is 13.9. The molecule has 2 aliphatic carbocycles. The topological polar surface area (TPSA) is 113 Å². The monoisotopic (exact) mass is 535 g/mol. The molecule has 0 amide bonds. The third-order valence-electron chi connectivity index (χ3n) is 8.36. The first-order valence-corrected chi connectivity index (χ1v) is 13.9. The number of ether oxygens (including phenoxy) is 2. The number of carboxylic acids is 1. The summed E-state index contributed by atoms with van der Waals surface area (Å²) in [6.45, 7) is 2.80. The average Bonchev–Trinajstić information content (AvgIpc) is 2.90. The van der Waals surface area contributed by atoms with Crippen molar-refractivity contribution < 1.29 is 19.4 Å². The number of carbonyl (C=O) groups is 1. The Balaban J connectivity index is 1.70. The molecular weight excluding hydrogens is 498 g/mol. The van der Waals surface area contributed by atoms with Crippen LogP contribution in [0.5, 0.6) is 5.75 Å². The van der Waals surface area contributed by atoms with Crippen molar-refractivity contribution in [3.05, 3.63) is 68.5 Å². The van der Waals surface area contributed by atoms with E-state index < -0.39 is 28.9 Å². The number of aliphatic carboxylic acids is 1. The molecule has 208 valence electrons. The van der Waals surface area contributed by atoms with Gasteiger partial charge in [-0.05, 0) is 57.7 Å². The van der Waals surface area contributed by atoms with Gasteiger partial charge < -0.3 is 14.6 Å². The number of hydrogen-bond donors (Lipinski definition) is 1. The average molecular weight is 536 g/mol. The number of nitrogens with zero attached hydrogens (tertiary/aromatic N) is 3. The molecule has 39 heavy (non-hydrogen) atoms. The van der Waals surface area contributed by atoms with E-state index in [1.165, 1.54) is 24.8 Å². The normalized spacial score (nSPS) is 17.6. The first kappa shape index (κ1) is 27.1. The zero-order chi connectivity index (χ0) is 27.7. The lowest BCUT2D eigenvalue weighted by molar-refractivity contribution is -0.146. The van der Waals surface area contributed by atoms with Crippen LogP contribution in [-0.4, -0.2) is 38.4 Å². The fourth-order valence-electron chi connectivity index (χ4n) is 5.70. The van der Waals surface area contributed by atoms with Crippen molar-refractivity contribution >= 4 is 17.0 Å². The van der Waals surface area contributed by atoms with Crippen LogP contribution in [0.2, 0.25) is 0 Å². The molecule has 2 aromatic heterocycles. The number of hydrogen-bond acceptors (Lipinski definition) is 6. The Bertz CT molecular complexity index is 1480. The van der Waals surface area contributed by atoms with E-state index in [9.17, 15) is 19.5 Å². The standard InChI is InChI=1S/C30H37N3O6/c1-30(2,28(35)36)33-27(34)26-23(17-16-22(31-26)19-10-9-11-19)32(29(33)37)18-25(39-20-12-5-4-6-13-20)21-14-7-8-15-24(21)38-3/h7-8,14-17,19-20,25H,4-6,9-13,18H2,1-3H3,(H,35,36)/t25-/m0/s1. The number of methoxy groups -OCH3 is 1. The minimum absolute atomic E-state index is 0.0281. The predicted molar refractivity (Wildman–Crippen MR) is 148 cm³/mol. The number of pyridine rings is 1. The Morgan fingerprint density at radius 2 is 1.77 bits per heavy atom. The van der Waals surface area contributed by atoms with E-state index in [2.05, 4.69) is 0 Å². The van der Waals surface area contributed by atoms with Crippen molar-refractivity contribution in [1.29, 1.82) is 0 Å². The van der Waals surface area contributed by atoms with Gasteiger partial charge in [0.25, 0.3) is 5.56 Å². The molecule has 2 aliphatic rings. The Morgan fingerprint density at radius 3 is 2.41 bits per heavy atom. The van der Waals surface area contributed by atoms with Crippen molar-refractivity contribution in [2.75, 3.05) is 7.11 Å². The fourth-order valence-corrected chi connectivity index (χ4v) is 5.70. The van der Waals surface area contributed by atoms with Gasteiger partial charge in [-0.3, -0.25) is 9.36 Å². The Hall–Kier alpha value is -3.46. The fraction of sp³-hybridized carbons (Fsp3) is 0.533. The van der Waals surface area contributed by atoms with E-state index in [1.54, 1.807) is 13.2 Å². The molecule has 9 nitrogen and oxygen atoms in total. The van der Waals surface area contributed by atoms with Gasteiger partial charge in [0.05, 0.1) is 25.3 Å². The van der Waals surface area contributed by atoms with Crippen LogP contribution in [0.4, 0.5) is 0 Å². The molecule has 2 fully saturated rings. The summed E-state index contributed by atoms with van der Waals surface area (Å²) < 4.78 is 14.6. The van der Waals surface area contributed by atoms with Gasteiger partial charge >= 0.3 is 11.7 Å². The molecule has 0 unspecified atom stereocenters. The van der Waals surface area contributed by atoms with E-state index in [4.69, 9.17) is 14.5 Å². The smallest absolute Gasteiger partial charge is 0.332 e. The van der Waals surface area contributed by atoms with Crippen LogP contribution in [0.25, 0.3) is 11.0 Å². The number of fused-ring (bicyclic) bond motifs is 1. The lowest BCUT2D eigenvalue weighted by Gasteiger charge is -2.30. The molecule has 0 bridgehead atoms. The molecule has 0 spiro atoms.